The zero-order valence-electron chi connectivity index (χ0n) is 17.4. The zero-order chi connectivity index (χ0) is 22.8. The van der Waals surface area contributed by atoms with Gasteiger partial charge in [-0.05, 0) is 60.2 Å². The summed E-state index contributed by atoms with van der Waals surface area (Å²) in [5, 5.41) is 0.992. The number of carbonyl (C=O) groups is 2. The van der Waals surface area contributed by atoms with Crippen LogP contribution in [0, 0.1) is 11.8 Å². The molecule has 0 aliphatic carbocycles. The van der Waals surface area contributed by atoms with Gasteiger partial charge < -0.3 is 25.7 Å². The number of ether oxygens (including phenoxy) is 1. The lowest BCUT2D eigenvalue weighted by Gasteiger charge is -2.33. The number of nitrogens with zero attached hydrogens (tertiary/aromatic N) is 2. The van der Waals surface area contributed by atoms with Crippen LogP contribution in [0.15, 0.2) is 36.4 Å². The Hall–Kier alpha value is -2.68. The standard InChI is InChI=1S/C22H25Cl2N5O3/c23-17-5-13(6-18(24)8-17)12-32-22(31)28-4-3-15-9-29(11-16(15)10-28)21(30)14-1-2-20(27-26)19(25)7-14/h1-2,5-8,15-16,27H,3-4,9-12,25-26H2/t15-,16+/m1/s1. The molecule has 0 aromatic heterocycles. The molecule has 170 valence electrons. The molecule has 2 atom stereocenters. The van der Waals surface area contributed by atoms with E-state index >= 15 is 0 Å². The quantitative estimate of drug-likeness (QED) is 0.352. The topological polar surface area (TPSA) is 114 Å². The van der Waals surface area contributed by atoms with Crippen molar-refractivity contribution >= 4 is 46.6 Å². The van der Waals surface area contributed by atoms with E-state index < -0.39 is 0 Å². The molecular formula is C22H25Cl2N5O3. The Balaban J connectivity index is 1.33. The summed E-state index contributed by atoms with van der Waals surface area (Å²) in [7, 11) is 0. The number of hydrazine groups is 1. The number of piperidine rings is 1. The molecule has 0 spiro atoms. The molecule has 0 saturated carbocycles. The van der Waals surface area contributed by atoms with Crippen LogP contribution < -0.4 is 17.0 Å². The summed E-state index contributed by atoms with van der Waals surface area (Å²) >= 11 is 12.0. The molecule has 5 N–H and O–H groups in total. The minimum Gasteiger partial charge on any atom is -0.445 e. The second-order valence-electron chi connectivity index (χ2n) is 8.24. The molecule has 0 bridgehead atoms. The minimum atomic E-state index is -0.373. The van der Waals surface area contributed by atoms with Crippen LogP contribution in [0.3, 0.4) is 0 Å². The molecule has 0 unspecified atom stereocenters. The maximum Gasteiger partial charge on any atom is 0.410 e. The summed E-state index contributed by atoms with van der Waals surface area (Å²) in [5.74, 6) is 5.91. The number of hydrogen-bond donors (Lipinski definition) is 3. The van der Waals surface area contributed by atoms with Gasteiger partial charge in [-0.15, -0.1) is 0 Å². The van der Waals surface area contributed by atoms with Crippen LogP contribution in [0.1, 0.15) is 22.3 Å². The van der Waals surface area contributed by atoms with Crippen LogP contribution in [0.4, 0.5) is 16.2 Å². The van der Waals surface area contributed by atoms with Crippen molar-refractivity contribution in [2.75, 3.05) is 37.3 Å². The highest BCUT2D eigenvalue weighted by molar-refractivity contribution is 6.34. The average molecular weight is 478 g/mol. The first kappa shape index (κ1) is 22.5. The lowest BCUT2D eigenvalue weighted by atomic mass is 9.89. The normalized spacial score (nSPS) is 20.1. The number of nitrogens with one attached hydrogen (secondary N) is 1. The van der Waals surface area contributed by atoms with Gasteiger partial charge in [0.1, 0.15) is 6.61 Å². The fourth-order valence-electron chi connectivity index (χ4n) is 4.44. The molecule has 2 aromatic rings. The monoisotopic (exact) mass is 477 g/mol. The van der Waals surface area contributed by atoms with E-state index in [1.54, 1.807) is 41.3 Å². The fraction of sp³-hybridized carbons (Fsp3) is 0.364. The Morgan fingerprint density at radius 3 is 2.41 bits per heavy atom. The van der Waals surface area contributed by atoms with Gasteiger partial charge in [0.2, 0.25) is 0 Å². The fourth-order valence-corrected chi connectivity index (χ4v) is 5.01. The second kappa shape index (κ2) is 9.44. The number of anilines is 2. The average Bonchev–Trinajstić information content (AvgIpc) is 3.19. The number of fused-ring (bicyclic) bond motifs is 1. The third kappa shape index (κ3) is 4.87. The van der Waals surface area contributed by atoms with Crippen molar-refractivity contribution in [1.82, 2.24) is 9.80 Å². The van der Waals surface area contributed by atoms with Gasteiger partial charge in [0.05, 0.1) is 11.4 Å². The van der Waals surface area contributed by atoms with Gasteiger partial charge in [0, 0.05) is 41.8 Å². The van der Waals surface area contributed by atoms with Crippen LogP contribution in [-0.2, 0) is 11.3 Å². The van der Waals surface area contributed by atoms with Crippen LogP contribution in [0.5, 0.6) is 0 Å². The first-order valence-electron chi connectivity index (χ1n) is 10.4. The maximum absolute atomic E-state index is 13.0. The van der Waals surface area contributed by atoms with Crippen LogP contribution in [0.25, 0.3) is 0 Å². The molecule has 2 heterocycles. The first-order chi connectivity index (χ1) is 15.3. The number of rotatable bonds is 4. The molecule has 0 radical (unpaired) electrons. The molecule has 2 aromatic carbocycles. The molecule has 10 heteroatoms. The Labute approximate surface area is 196 Å². The molecule has 2 saturated heterocycles. The van der Waals surface area contributed by atoms with E-state index in [0.717, 1.165) is 12.0 Å². The minimum absolute atomic E-state index is 0.0679. The van der Waals surface area contributed by atoms with Gasteiger partial charge in [-0.25, -0.2) is 4.79 Å². The van der Waals surface area contributed by atoms with E-state index in [9.17, 15) is 9.59 Å². The van der Waals surface area contributed by atoms with Crippen molar-refractivity contribution in [2.24, 2.45) is 17.7 Å². The molecule has 4 rings (SSSR count). The van der Waals surface area contributed by atoms with Crippen LogP contribution in [-0.4, -0.2) is 48.0 Å². The summed E-state index contributed by atoms with van der Waals surface area (Å²) < 4.78 is 5.46. The third-order valence-electron chi connectivity index (χ3n) is 6.09. The molecule has 2 fully saturated rings. The zero-order valence-corrected chi connectivity index (χ0v) is 18.9. The smallest absolute Gasteiger partial charge is 0.410 e. The van der Waals surface area contributed by atoms with Crippen molar-refractivity contribution in [3.8, 4) is 0 Å². The lowest BCUT2D eigenvalue weighted by Crippen LogP contribution is -2.43. The lowest BCUT2D eigenvalue weighted by molar-refractivity contribution is 0.0729. The van der Waals surface area contributed by atoms with Crippen molar-refractivity contribution in [2.45, 2.75) is 13.0 Å². The van der Waals surface area contributed by atoms with E-state index in [4.69, 9.17) is 39.5 Å². The van der Waals surface area contributed by atoms with Gasteiger partial charge in [0.25, 0.3) is 5.91 Å². The van der Waals surface area contributed by atoms with Crippen molar-refractivity contribution < 1.29 is 14.3 Å². The largest absolute Gasteiger partial charge is 0.445 e. The molecule has 2 aliphatic rings. The number of benzene rings is 2. The van der Waals surface area contributed by atoms with Gasteiger partial charge in [0.15, 0.2) is 0 Å². The van der Waals surface area contributed by atoms with Crippen molar-refractivity contribution in [3.63, 3.8) is 0 Å². The predicted molar refractivity (Wildman–Crippen MR) is 124 cm³/mol. The molecule has 32 heavy (non-hydrogen) atoms. The number of amides is 2. The molecule has 2 amide bonds. The van der Waals surface area contributed by atoms with Crippen LogP contribution >= 0.6 is 23.2 Å². The predicted octanol–water partition coefficient (Wildman–Crippen LogP) is 3.59. The van der Waals surface area contributed by atoms with Crippen LogP contribution in [0.2, 0.25) is 10.0 Å². The number of nitrogens with two attached hydrogens (primary N) is 2. The summed E-state index contributed by atoms with van der Waals surface area (Å²) in [6, 6.07) is 10.1. The summed E-state index contributed by atoms with van der Waals surface area (Å²) in [4.78, 5) is 29.1. The molecular weight excluding hydrogens is 453 g/mol. The van der Waals surface area contributed by atoms with E-state index in [2.05, 4.69) is 5.43 Å². The maximum atomic E-state index is 13.0. The van der Waals surface area contributed by atoms with E-state index in [1.807, 2.05) is 4.90 Å². The number of hydrogen-bond acceptors (Lipinski definition) is 6. The summed E-state index contributed by atoms with van der Waals surface area (Å²) in [6.45, 7) is 2.52. The number of nitrogen functional groups attached to an aromatic ring is 2. The number of likely N-dealkylation sites (tertiary alicyclic amines) is 2. The Kier molecular flexibility index (Phi) is 6.64. The third-order valence-corrected chi connectivity index (χ3v) is 6.52. The second-order valence-corrected chi connectivity index (χ2v) is 9.12. The molecule has 8 nitrogen and oxygen atoms in total. The highest BCUT2D eigenvalue weighted by Gasteiger charge is 2.40. The van der Waals surface area contributed by atoms with E-state index in [1.165, 1.54) is 0 Å². The SMILES string of the molecule is NNc1ccc(C(=O)N2C[C@H]3CCN(C(=O)OCc4cc(Cl)cc(Cl)c4)C[C@H]3C2)cc1N. The van der Waals surface area contributed by atoms with Gasteiger partial charge >= 0.3 is 6.09 Å². The first-order valence-corrected chi connectivity index (χ1v) is 11.1. The highest BCUT2D eigenvalue weighted by Crippen LogP contribution is 2.33. The number of halogens is 2. The van der Waals surface area contributed by atoms with Crippen molar-refractivity contribution in [3.05, 3.63) is 57.6 Å². The Morgan fingerprint density at radius 2 is 1.72 bits per heavy atom. The number of carbonyl (C=O) groups excluding carboxylic acids is 2. The van der Waals surface area contributed by atoms with Crippen molar-refractivity contribution in [1.29, 1.82) is 0 Å². The van der Waals surface area contributed by atoms with Gasteiger partial charge in [-0.2, -0.15) is 0 Å². The van der Waals surface area contributed by atoms with E-state index in [-0.39, 0.29) is 24.5 Å². The Bertz CT molecular complexity index is 1010. The van der Waals surface area contributed by atoms with Gasteiger partial charge in [-0.1, -0.05) is 23.2 Å². The summed E-state index contributed by atoms with van der Waals surface area (Å²) in [6.07, 6.45) is 0.451. The molecule has 2 aliphatic heterocycles. The summed E-state index contributed by atoms with van der Waals surface area (Å²) in [5.41, 5.74) is 10.7. The highest BCUT2D eigenvalue weighted by atomic mass is 35.5. The van der Waals surface area contributed by atoms with E-state index in [0.29, 0.717) is 59.1 Å². The Morgan fingerprint density at radius 1 is 1.03 bits per heavy atom. The van der Waals surface area contributed by atoms with Gasteiger partial charge in [-0.3, -0.25) is 10.6 Å².